The zero-order valence-corrected chi connectivity index (χ0v) is 14.2. The Balaban J connectivity index is 1.73. The fourth-order valence-corrected chi connectivity index (χ4v) is 3.93. The highest BCUT2D eigenvalue weighted by atomic mass is 16.5. The molecule has 0 aliphatic carbocycles. The van der Waals surface area contributed by atoms with Gasteiger partial charge in [-0.05, 0) is 12.8 Å². The third-order valence-electron chi connectivity index (χ3n) is 5.21. The summed E-state index contributed by atoms with van der Waals surface area (Å²) in [6, 6.07) is 9.54. The summed E-state index contributed by atoms with van der Waals surface area (Å²) in [6.07, 6.45) is 2.28. The number of benzene rings is 1. The van der Waals surface area contributed by atoms with E-state index >= 15 is 0 Å². The second kappa shape index (κ2) is 6.35. The lowest BCUT2D eigenvalue weighted by Crippen LogP contribution is -2.48. The molecule has 0 saturated carbocycles. The first-order chi connectivity index (χ1) is 12.2. The van der Waals surface area contributed by atoms with Crippen LogP contribution in [0.1, 0.15) is 35.9 Å². The number of aryl methyl sites for hydroxylation is 1. The predicted octanol–water partition coefficient (Wildman–Crippen LogP) is 2.25. The summed E-state index contributed by atoms with van der Waals surface area (Å²) in [5.41, 5.74) is 1.99. The van der Waals surface area contributed by atoms with Crippen LogP contribution in [-0.4, -0.2) is 41.0 Å². The Kier molecular flexibility index (Phi) is 4.03. The SMILES string of the molecule is CCc1onc(-c2ccccc2)c1C(=O)N1CCC[C@H]2C(=O)NC[C@H]21. The first-order valence-corrected chi connectivity index (χ1v) is 8.83. The molecule has 6 heteroatoms. The minimum atomic E-state index is -0.0946. The number of amides is 2. The molecule has 0 radical (unpaired) electrons. The standard InChI is InChI=1S/C19H21N3O3/c1-2-15-16(17(21-25-15)12-7-4-3-5-8-12)19(24)22-10-6-9-13-14(22)11-20-18(13)23/h3-5,7-8,13-14H,2,6,9-11H2,1H3,(H,20,23)/t13-,14-/m1/s1. The van der Waals surface area contributed by atoms with Gasteiger partial charge < -0.3 is 14.7 Å². The fraction of sp³-hybridized carbons (Fsp3) is 0.421. The van der Waals surface area contributed by atoms with Crippen LogP contribution in [0.2, 0.25) is 0 Å². The van der Waals surface area contributed by atoms with E-state index in [0.717, 1.165) is 18.4 Å². The maximum atomic E-state index is 13.4. The van der Waals surface area contributed by atoms with Gasteiger partial charge in [0.25, 0.3) is 5.91 Å². The van der Waals surface area contributed by atoms with Crippen LogP contribution in [0.25, 0.3) is 11.3 Å². The van der Waals surface area contributed by atoms with Crippen molar-refractivity contribution in [2.24, 2.45) is 5.92 Å². The molecule has 25 heavy (non-hydrogen) atoms. The average Bonchev–Trinajstić information content (AvgIpc) is 3.25. The molecule has 2 aromatic rings. The van der Waals surface area contributed by atoms with Gasteiger partial charge in [0.15, 0.2) is 0 Å². The van der Waals surface area contributed by atoms with Gasteiger partial charge in [-0.1, -0.05) is 42.4 Å². The lowest BCUT2D eigenvalue weighted by atomic mass is 9.90. The summed E-state index contributed by atoms with van der Waals surface area (Å²) < 4.78 is 5.46. The van der Waals surface area contributed by atoms with Crippen molar-refractivity contribution in [1.29, 1.82) is 0 Å². The summed E-state index contributed by atoms with van der Waals surface area (Å²) >= 11 is 0. The van der Waals surface area contributed by atoms with Crippen molar-refractivity contribution in [3.8, 4) is 11.3 Å². The van der Waals surface area contributed by atoms with Crippen LogP contribution in [0.3, 0.4) is 0 Å². The molecule has 2 atom stereocenters. The van der Waals surface area contributed by atoms with Gasteiger partial charge in [-0.3, -0.25) is 9.59 Å². The van der Waals surface area contributed by atoms with E-state index in [0.29, 0.717) is 36.5 Å². The van der Waals surface area contributed by atoms with Gasteiger partial charge in [0, 0.05) is 25.1 Å². The topological polar surface area (TPSA) is 75.4 Å². The van der Waals surface area contributed by atoms with Crippen LogP contribution >= 0.6 is 0 Å². The minimum absolute atomic E-state index is 0.0619. The van der Waals surface area contributed by atoms with Gasteiger partial charge in [0.05, 0.1) is 12.0 Å². The number of rotatable bonds is 3. The number of carbonyl (C=O) groups is 2. The van der Waals surface area contributed by atoms with Crippen molar-refractivity contribution in [2.45, 2.75) is 32.2 Å². The van der Waals surface area contributed by atoms with E-state index in [4.69, 9.17) is 4.52 Å². The van der Waals surface area contributed by atoms with Crippen molar-refractivity contribution in [3.05, 3.63) is 41.7 Å². The van der Waals surface area contributed by atoms with E-state index in [9.17, 15) is 9.59 Å². The van der Waals surface area contributed by atoms with E-state index < -0.39 is 0 Å². The molecule has 0 spiro atoms. The largest absolute Gasteiger partial charge is 0.360 e. The second-order valence-electron chi connectivity index (χ2n) is 6.61. The van der Waals surface area contributed by atoms with Gasteiger partial charge in [0.2, 0.25) is 5.91 Å². The highest BCUT2D eigenvalue weighted by molar-refractivity contribution is 6.01. The van der Waals surface area contributed by atoms with Crippen molar-refractivity contribution in [2.75, 3.05) is 13.1 Å². The number of fused-ring (bicyclic) bond motifs is 1. The summed E-state index contributed by atoms with van der Waals surface area (Å²) in [4.78, 5) is 27.2. The number of likely N-dealkylation sites (tertiary alicyclic amines) is 1. The molecule has 2 amide bonds. The number of aromatic nitrogens is 1. The summed E-state index contributed by atoms with van der Waals surface area (Å²) in [5, 5.41) is 7.06. The van der Waals surface area contributed by atoms with Gasteiger partial charge in [-0.2, -0.15) is 0 Å². The Hall–Kier alpha value is -2.63. The van der Waals surface area contributed by atoms with Crippen LogP contribution in [0.5, 0.6) is 0 Å². The molecule has 2 saturated heterocycles. The Labute approximate surface area is 146 Å². The van der Waals surface area contributed by atoms with Gasteiger partial charge in [0.1, 0.15) is 17.0 Å². The molecule has 0 unspecified atom stereocenters. The Morgan fingerprint density at radius 1 is 1.36 bits per heavy atom. The highest BCUT2D eigenvalue weighted by Gasteiger charge is 2.44. The molecule has 6 nitrogen and oxygen atoms in total. The van der Waals surface area contributed by atoms with E-state index in [1.54, 1.807) is 0 Å². The molecule has 1 N–H and O–H groups in total. The maximum Gasteiger partial charge on any atom is 0.260 e. The summed E-state index contributed by atoms with van der Waals surface area (Å²) in [6.45, 7) is 3.14. The van der Waals surface area contributed by atoms with Gasteiger partial charge in [-0.25, -0.2) is 0 Å². The normalized spacial score (nSPS) is 22.6. The van der Waals surface area contributed by atoms with Crippen molar-refractivity contribution in [1.82, 2.24) is 15.4 Å². The van der Waals surface area contributed by atoms with Crippen molar-refractivity contribution >= 4 is 11.8 Å². The van der Waals surface area contributed by atoms with Crippen molar-refractivity contribution < 1.29 is 14.1 Å². The van der Waals surface area contributed by atoms with E-state index in [2.05, 4.69) is 10.5 Å². The lowest BCUT2D eigenvalue weighted by molar-refractivity contribution is -0.123. The Morgan fingerprint density at radius 3 is 2.92 bits per heavy atom. The molecule has 1 aromatic carbocycles. The number of hydrogen-bond donors (Lipinski definition) is 1. The fourth-order valence-electron chi connectivity index (χ4n) is 3.93. The number of piperidine rings is 1. The Morgan fingerprint density at radius 2 is 2.16 bits per heavy atom. The molecule has 0 bridgehead atoms. The van der Waals surface area contributed by atoms with Gasteiger partial charge >= 0.3 is 0 Å². The molecule has 3 heterocycles. The maximum absolute atomic E-state index is 13.4. The highest BCUT2D eigenvalue weighted by Crippen LogP contribution is 2.32. The minimum Gasteiger partial charge on any atom is -0.360 e. The zero-order chi connectivity index (χ0) is 17.4. The first-order valence-electron chi connectivity index (χ1n) is 8.83. The third-order valence-corrected chi connectivity index (χ3v) is 5.21. The quantitative estimate of drug-likeness (QED) is 0.931. The smallest absolute Gasteiger partial charge is 0.260 e. The zero-order valence-electron chi connectivity index (χ0n) is 14.2. The molecule has 1 aromatic heterocycles. The molecular formula is C19H21N3O3. The molecule has 2 aliphatic heterocycles. The van der Waals surface area contributed by atoms with E-state index in [1.165, 1.54) is 0 Å². The molecule has 2 fully saturated rings. The monoisotopic (exact) mass is 339 g/mol. The molecule has 130 valence electrons. The van der Waals surface area contributed by atoms with Crippen LogP contribution in [0.15, 0.2) is 34.9 Å². The second-order valence-corrected chi connectivity index (χ2v) is 6.61. The first kappa shape index (κ1) is 15.9. The molecule has 4 rings (SSSR count). The van der Waals surface area contributed by atoms with Gasteiger partial charge in [-0.15, -0.1) is 0 Å². The predicted molar refractivity (Wildman–Crippen MR) is 91.9 cm³/mol. The summed E-state index contributed by atoms with van der Waals surface area (Å²) in [7, 11) is 0. The van der Waals surface area contributed by atoms with Crippen LogP contribution < -0.4 is 5.32 Å². The van der Waals surface area contributed by atoms with Crippen molar-refractivity contribution in [3.63, 3.8) is 0 Å². The lowest BCUT2D eigenvalue weighted by Gasteiger charge is -2.35. The third kappa shape index (κ3) is 2.62. The number of nitrogens with one attached hydrogen (secondary N) is 1. The number of carbonyl (C=O) groups excluding carboxylic acids is 2. The summed E-state index contributed by atoms with van der Waals surface area (Å²) in [5.74, 6) is 0.487. The van der Waals surface area contributed by atoms with E-state index in [1.807, 2.05) is 42.2 Å². The Bertz CT molecular complexity index is 800. The molecular weight excluding hydrogens is 318 g/mol. The van der Waals surface area contributed by atoms with Crippen LogP contribution in [0.4, 0.5) is 0 Å². The van der Waals surface area contributed by atoms with Crippen LogP contribution in [-0.2, 0) is 11.2 Å². The molecule has 2 aliphatic rings. The number of hydrogen-bond acceptors (Lipinski definition) is 4. The average molecular weight is 339 g/mol. The van der Waals surface area contributed by atoms with E-state index in [-0.39, 0.29) is 23.8 Å². The number of nitrogens with zero attached hydrogens (tertiary/aromatic N) is 2. The van der Waals surface area contributed by atoms with Crippen LogP contribution in [0, 0.1) is 5.92 Å².